The molecule has 0 aliphatic carbocycles. The molecule has 0 amide bonds. The number of aliphatic imine (C=N–C) groups is 1. The van der Waals surface area contributed by atoms with Gasteiger partial charge in [0.25, 0.3) is 0 Å². The van der Waals surface area contributed by atoms with E-state index in [1.165, 1.54) is 50.1 Å². The van der Waals surface area contributed by atoms with Crippen LogP contribution in [0, 0.1) is 12.3 Å². The normalized spacial score (nSPS) is 11.6. The number of anilines is 3. The molecule has 4 heteroatoms. The number of nitrogen functional groups attached to an aromatic ring is 1. The fraction of sp³-hybridized carbons (Fsp3) is 0.0833. The maximum Gasteiger partial charge on any atom is 0.0705 e. The van der Waals surface area contributed by atoms with E-state index >= 15 is 0 Å². The molecular formula is C72H62N4. The predicted octanol–water partition coefficient (Wildman–Crippen LogP) is 19.3. The quantitative estimate of drug-likeness (QED) is 0.0707. The molecule has 1 atom stereocenters. The lowest BCUT2D eigenvalue weighted by Gasteiger charge is -2.21. The van der Waals surface area contributed by atoms with Gasteiger partial charge in [0, 0.05) is 44.9 Å². The predicted molar refractivity (Wildman–Crippen MR) is 325 cm³/mol. The Morgan fingerprint density at radius 2 is 1.03 bits per heavy atom. The van der Waals surface area contributed by atoms with Crippen LogP contribution in [0.3, 0.4) is 0 Å². The number of hydrogen-bond donors (Lipinski definition) is 3. The van der Waals surface area contributed by atoms with Gasteiger partial charge in [-0.15, -0.1) is 0 Å². The van der Waals surface area contributed by atoms with Crippen molar-refractivity contribution in [3.63, 3.8) is 0 Å². The molecule has 0 radical (unpaired) electrons. The van der Waals surface area contributed by atoms with Crippen molar-refractivity contribution in [2.75, 3.05) is 11.1 Å². The fourth-order valence-electron chi connectivity index (χ4n) is 9.97. The Morgan fingerprint density at radius 3 is 1.67 bits per heavy atom. The number of rotatable bonds is 15. The number of hydrogen-bond acceptors (Lipinski definition) is 4. The molecule has 0 spiro atoms. The largest absolute Gasteiger partial charge is 0.398 e. The molecule has 1 unspecified atom stereocenters. The van der Waals surface area contributed by atoms with Crippen molar-refractivity contribution in [2.24, 2.45) is 4.99 Å². The van der Waals surface area contributed by atoms with Crippen LogP contribution in [0.4, 0.5) is 22.7 Å². The molecule has 0 heterocycles. The molecule has 0 aliphatic rings. The number of para-hydroxylation sites is 1. The SMILES string of the molecule is CCCC(CC(=Nc1ccc(C)cc1)c1cccc(-c2ccccc2)c1)c1cccc(-c2cc(-c3ccccc3)ccc2Nc2ccccc2)c1.N=C(c1cccc(-c2ccccc2)c1)c1ccc2ccccc2c1N. The van der Waals surface area contributed by atoms with Crippen molar-refractivity contribution in [1.82, 2.24) is 0 Å². The lowest BCUT2D eigenvalue weighted by atomic mass is 9.85. The Bertz CT molecular complexity index is 3740. The van der Waals surface area contributed by atoms with Crippen LogP contribution < -0.4 is 11.1 Å². The molecule has 0 aliphatic heterocycles. The highest BCUT2D eigenvalue weighted by Crippen LogP contribution is 2.38. The van der Waals surface area contributed by atoms with Gasteiger partial charge in [0.1, 0.15) is 0 Å². The Hall–Kier alpha value is -9.38. The summed E-state index contributed by atoms with van der Waals surface area (Å²) < 4.78 is 0. The molecule has 370 valence electrons. The second-order valence-corrected chi connectivity index (χ2v) is 19.3. The molecule has 0 saturated heterocycles. The van der Waals surface area contributed by atoms with E-state index in [9.17, 15) is 0 Å². The zero-order chi connectivity index (χ0) is 52.1. The van der Waals surface area contributed by atoms with Gasteiger partial charge in [-0.1, -0.05) is 243 Å². The maximum absolute atomic E-state index is 8.67. The molecular weight excluding hydrogens is 921 g/mol. The van der Waals surface area contributed by atoms with Crippen molar-refractivity contribution >= 4 is 44.9 Å². The second kappa shape index (κ2) is 24.1. The number of nitrogens with one attached hydrogen (secondary N) is 2. The average molecular weight is 983 g/mol. The minimum atomic E-state index is 0.294. The van der Waals surface area contributed by atoms with E-state index in [0.717, 1.165) is 75.1 Å². The van der Waals surface area contributed by atoms with Crippen LogP contribution in [-0.4, -0.2) is 11.4 Å². The van der Waals surface area contributed by atoms with Crippen LogP contribution in [0.5, 0.6) is 0 Å². The zero-order valence-corrected chi connectivity index (χ0v) is 43.2. The third-order valence-electron chi connectivity index (χ3n) is 14.0. The molecule has 0 bridgehead atoms. The van der Waals surface area contributed by atoms with Gasteiger partial charge in [-0.2, -0.15) is 0 Å². The smallest absolute Gasteiger partial charge is 0.0705 e. The molecule has 4 N–H and O–H groups in total. The minimum absolute atomic E-state index is 0.294. The first-order valence-corrected chi connectivity index (χ1v) is 26.3. The molecule has 76 heavy (non-hydrogen) atoms. The van der Waals surface area contributed by atoms with Crippen molar-refractivity contribution < 1.29 is 0 Å². The standard InChI is InChI=1S/C49H44N2.C23H18N2/c1-3-15-39(35-49(51-46-29-26-36(2)27-30-46)44-23-14-20-40(33-44)37-16-7-4-8-17-37)41-21-13-22-43(32-41)47-34-42(38-18-9-5-10-19-38)28-31-48(47)50-45-24-11-6-12-25-45;24-22(21-14-13-17-9-4-5-12-20(17)23(21)25)19-11-6-10-18(15-19)16-7-2-1-3-8-16/h4-14,16-34,39,50H,3,15,35H2,1-2H3;1-15,24H,25H2. The number of nitrogens with two attached hydrogens (primary N) is 1. The van der Waals surface area contributed by atoms with E-state index in [4.69, 9.17) is 16.1 Å². The molecule has 4 nitrogen and oxygen atoms in total. The van der Waals surface area contributed by atoms with Crippen molar-refractivity contribution in [3.8, 4) is 44.5 Å². The van der Waals surface area contributed by atoms with Crippen LogP contribution in [0.1, 0.15) is 59.9 Å². The first kappa shape index (κ1) is 50.2. The van der Waals surface area contributed by atoms with Gasteiger partial charge < -0.3 is 11.1 Å². The minimum Gasteiger partial charge on any atom is -0.398 e. The first-order chi connectivity index (χ1) is 37.4. The molecule has 0 saturated carbocycles. The summed E-state index contributed by atoms with van der Waals surface area (Å²) in [5, 5.41) is 14.5. The lowest BCUT2D eigenvalue weighted by Crippen LogP contribution is -2.09. The summed E-state index contributed by atoms with van der Waals surface area (Å²) >= 11 is 0. The third kappa shape index (κ3) is 12.2. The molecule has 11 aromatic rings. The van der Waals surface area contributed by atoms with E-state index in [1.54, 1.807) is 0 Å². The van der Waals surface area contributed by atoms with E-state index in [1.807, 2.05) is 72.8 Å². The van der Waals surface area contributed by atoms with Gasteiger partial charge in [-0.3, -0.25) is 10.4 Å². The second-order valence-electron chi connectivity index (χ2n) is 19.3. The van der Waals surface area contributed by atoms with Gasteiger partial charge in [0.05, 0.1) is 11.4 Å². The van der Waals surface area contributed by atoms with Crippen molar-refractivity contribution in [3.05, 3.63) is 301 Å². The summed E-state index contributed by atoms with van der Waals surface area (Å²) in [6.45, 7) is 4.41. The number of fused-ring (bicyclic) bond motifs is 1. The van der Waals surface area contributed by atoms with Crippen LogP contribution in [0.25, 0.3) is 55.3 Å². The van der Waals surface area contributed by atoms with E-state index < -0.39 is 0 Å². The van der Waals surface area contributed by atoms with E-state index in [2.05, 4.69) is 219 Å². The summed E-state index contributed by atoms with van der Waals surface area (Å²) in [6, 6.07) is 95.3. The van der Waals surface area contributed by atoms with Crippen molar-refractivity contribution in [2.45, 2.75) is 39.0 Å². The monoisotopic (exact) mass is 982 g/mol. The number of nitrogens with zero attached hydrogens (tertiary/aromatic N) is 1. The van der Waals surface area contributed by atoms with Gasteiger partial charge in [-0.25, -0.2) is 0 Å². The molecule has 0 fully saturated rings. The Labute approximate surface area is 448 Å². The summed E-state index contributed by atoms with van der Waals surface area (Å²) in [5.74, 6) is 0.294. The highest BCUT2D eigenvalue weighted by atomic mass is 14.9. The van der Waals surface area contributed by atoms with Crippen LogP contribution in [-0.2, 0) is 0 Å². The number of benzene rings is 11. The fourth-order valence-corrected chi connectivity index (χ4v) is 9.97. The zero-order valence-electron chi connectivity index (χ0n) is 43.2. The summed E-state index contributed by atoms with van der Waals surface area (Å²) in [7, 11) is 0. The number of aryl methyl sites for hydroxylation is 1. The highest BCUT2D eigenvalue weighted by molar-refractivity contribution is 6.17. The Morgan fingerprint density at radius 1 is 0.487 bits per heavy atom. The Kier molecular flexibility index (Phi) is 15.9. The molecule has 0 aromatic heterocycles. The third-order valence-corrected chi connectivity index (χ3v) is 14.0. The Balaban J connectivity index is 0.000000219. The van der Waals surface area contributed by atoms with Crippen LogP contribution >= 0.6 is 0 Å². The summed E-state index contributed by atoms with van der Waals surface area (Å²) in [4.78, 5) is 5.35. The summed E-state index contributed by atoms with van der Waals surface area (Å²) in [5.41, 5.74) is 26.5. The molecule has 11 aromatic carbocycles. The maximum atomic E-state index is 8.67. The van der Waals surface area contributed by atoms with Crippen molar-refractivity contribution in [1.29, 1.82) is 5.41 Å². The highest BCUT2D eigenvalue weighted by Gasteiger charge is 2.19. The van der Waals surface area contributed by atoms with Gasteiger partial charge >= 0.3 is 0 Å². The van der Waals surface area contributed by atoms with Gasteiger partial charge in [0.2, 0.25) is 0 Å². The lowest BCUT2D eigenvalue weighted by molar-refractivity contribution is 0.634. The van der Waals surface area contributed by atoms with Gasteiger partial charge in [-0.05, 0) is 130 Å². The van der Waals surface area contributed by atoms with Crippen LogP contribution in [0.15, 0.2) is 278 Å². The van der Waals surface area contributed by atoms with Crippen LogP contribution in [0.2, 0.25) is 0 Å². The average Bonchev–Trinajstić information content (AvgIpc) is 3.50. The summed E-state index contributed by atoms with van der Waals surface area (Å²) in [6.07, 6.45) is 2.98. The van der Waals surface area contributed by atoms with E-state index in [-0.39, 0.29) is 0 Å². The topological polar surface area (TPSA) is 74.3 Å². The van der Waals surface area contributed by atoms with Gasteiger partial charge in [0.15, 0.2) is 0 Å². The van der Waals surface area contributed by atoms with E-state index in [0.29, 0.717) is 17.3 Å². The first-order valence-electron chi connectivity index (χ1n) is 26.3. The molecule has 11 rings (SSSR count).